The van der Waals surface area contributed by atoms with Crippen molar-refractivity contribution < 1.29 is 9.90 Å². The van der Waals surface area contributed by atoms with Crippen molar-refractivity contribution in [2.75, 3.05) is 13.1 Å². The Labute approximate surface area is 66.3 Å². The smallest absolute Gasteiger partial charge is 0.303 e. The molecule has 0 spiro atoms. The molecule has 1 heterocycles. The van der Waals surface area contributed by atoms with Crippen LogP contribution in [0.4, 0.5) is 0 Å². The van der Waals surface area contributed by atoms with E-state index in [0.717, 1.165) is 19.5 Å². The van der Waals surface area contributed by atoms with Crippen LogP contribution in [-0.2, 0) is 4.79 Å². The molecule has 1 aliphatic heterocycles. The van der Waals surface area contributed by atoms with Crippen LogP contribution in [0, 0.1) is 0 Å². The van der Waals surface area contributed by atoms with Crippen molar-refractivity contribution in [2.24, 2.45) is 4.99 Å². The molecule has 1 aliphatic rings. The fraction of sp³-hybridized carbons (Fsp3) is 0.714. The Bertz CT molecular complexity index is 128. The highest BCUT2D eigenvalue weighted by molar-refractivity contribution is 5.66. The van der Waals surface area contributed by atoms with Crippen LogP contribution in [0.25, 0.3) is 0 Å². The van der Waals surface area contributed by atoms with E-state index in [-0.39, 0.29) is 0 Å². The number of aliphatic imine (C=N–C) groups is 1. The minimum Gasteiger partial charge on any atom is -0.481 e. The molecule has 0 bridgehead atoms. The van der Waals surface area contributed by atoms with Crippen LogP contribution in [0.5, 0.6) is 0 Å². The Morgan fingerprint density at radius 1 is 1.82 bits per heavy atom. The molecule has 0 aromatic heterocycles. The van der Waals surface area contributed by atoms with Gasteiger partial charge in [-0.3, -0.25) is 9.79 Å². The monoisotopic (exact) mass is 158 g/mol. The Morgan fingerprint density at radius 3 is 2.64 bits per heavy atom. The largest absolute Gasteiger partial charge is 0.481 e. The van der Waals surface area contributed by atoms with Crippen LogP contribution in [0.3, 0.4) is 0 Å². The minimum absolute atomic E-state index is 0.292. The molecule has 0 amide bonds. The summed E-state index contributed by atoms with van der Waals surface area (Å²) in [6.45, 7) is 3.83. The summed E-state index contributed by atoms with van der Waals surface area (Å²) in [5.74, 6) is -0.711. The summed E-state index contributed by atoms with van der Waals surface area (Å²) in [6, 6.07) is 0. The molecule has 4 nitrogen and oxygen atoms in total. The van der Waals surface area contributed by atoms with Crippen LogP contribution in [0.15, 0.2) is 4.99 Å². The SMILES string of the molecule is C1=NCCN1.CCCC(=O)O. The third-order valence-electron chi connectivity index (χ3n) is 1.03. The lowest BCUT2D eigenvalue weighted by Crippen LogP contribution is -2.04. The highest BCUT2D eigenvalue weighted by Gasteiger charge is 1.87. The molecular formula is C7H14N2O2. The first kappa shape index (κ1) is 9.94. The van der Waals surface area contributed by atoms with Gasteiger partial charge in [0.15, 0.2) is 0 Å². The molecule has 0 aromatic carbocycles. The quantitative estimate of drug-likeness (QED) is 0.614. The summed E-state index contributed by atoms with van der Waals surface area (Å²) in [5, 5.41) is 10.8. The van der Waals surface area contributed by atoms with E-state index >= 15 is 0 Å². The lowest BCUT2D eigenvalue weighted by Gasteiger charge is -1.79. The van der Waals surface area contributed by atoms with Crippen molar-refractivity contribution >= 4 is 12.3 Å². The maximum atomic E-state index is 9.60. The van der Waals surface area contributed by atoms with Crippen LogP contribution in [-0.4, -0.2) is 30.5 Å². The van der Waals surface area contributed by atoms with Crippen LogP contribution in [0.1, 0.15) is 19.8 Å². The van der Waals surface area contributed by atoms with Crippen molar-refractivity contribution in [3.63, 3.8) is 0 Å². The van der Waals surface area contributed by atoms with E-state index in [9.17, 15) is 4.79 Å². The summed E-state index contributed by atoms with van der Waals surface area (Å²) in [7, 11) is 0. The van der Waals surface area contributed by atoms with Gasteiger partial charge in [0.1, 0.15) is 0 Å². The highest BCUT2D eigenvalue weighted by Crippen LogP contribution is 1.82. The fourth-order valence-corrected chi connectivity index (χ4v) is 0.537. The van der Waals surface area contributed by atoms with Gasteiger partial charge in [-0.2, -0.15) is 0 Å². The molecule has 0 saturated carbocycles. The average molecular weight is 158 g/mol. The molecule has 0 atom stereocenters. The standard InChI is InChI=1S/C4H8O2.C3H6N2/c1-2-3-4(5)6;1-2-5-3-4-1/h2-3H2,1H3,(H,5,6);3H,1-2H2,(H,4,5). The number of aliphatic carboxylic acids is 1. The molecule has 0 aromatic rings. The number of hydrogen-bond donors (Lipinski definition) is 2. The van der Waals surface area contributed by atoms with Crippen molar-refractivity contribution in [1.82, 2.24) is 5.32 Å². The van der Waals surface area contributed by atoms with Crippen molar-refractivity contribution in [2.45, 2.75) is 19.8 Å². The zero-order valence-electron chi connectivity index (χ0n) is 6.71. The number of rotatable bonds is 2. The first-order valence-corrected chi connectivity index (χ1v) is 3.71. The summed E-state index contributed by atoms with van der Waals surface area (Å²) in [4.78, 5) is 13.4. The van der Waals surface area contributed by atoms with E-state index in [2.05, 4.69) is 10.3 Å². The molecule has 0 aliphatic carbocycles. The number of carboxylic acid groups (broad SMARTS) is 1. The van der Waals surface area contributed by atoms with Gasteiger partial charge in [0.25, 0.3) is 0 Å². The first-order chi connectivity index (χ1) is 5.27. The molecule has 0 unspecified atom stereocenters. The van der Waals surface area contributed by atoms with Gasteiger partial charge in [0.2, 0.25) is 0 Å². The van der Waals surface area contributed by atoms with Gasteiger partial charge in [0, 0.05) is 13.0 Å². The zero-order chi connectivity index (χ0) is 8.53. The van der Waals surface area contributed by atoms with Gasteiger partial charge in [-0.25, -0.2) is 0 Å². The van der Waals surface area contributed by atoms with E-state index in [4.69, 9.17) is 5.11 Å². The van der Waals surface area contributed by atoms with Crippen molar-refractivity contribution in [1.29, 1.82) is 0 Å². The predicted molar refractivity (Wildman–Crippen MR) is 43.9 cm³/mol. The Kier molecular flexibility index (Phi) is 6.37. The minimum atomic E-state index is -0.711. The second kappa shape index (κ2) is 7.05. The summed E-state index contributed by atoms with van der Waals surface area (Å²) >= 11 is 0. The Balaban J connectivity index is 0.000000183. The summed E-state index contributed by atoms with van der Waals surface area (Å²) < 4.78 is 0. The van der Waals surface area contributed by atoms with Gasteiger partial charge in [-0.15, -0.1) is 0 Å². The molecule has 11 heavy (non-hydrogen) atoms. The molecule has 0 fully saturated rings. The normalized spacial score (nSPS) is 13.2. The van der Waals surface area contributed by atoms with Gasteiger partial charge in [-0.1, -0.05) is 6.92 Å². The maximum Gasteiger partial charge on any atom is 0.303 e. The number of carboxylic acids is 1. The van der Waals surface area contributed by atoms with E-state index < -0.39 is 5.97 Å². The molecule has 2 N–H and O–H groups in total. The number of nitrogens with one attached hydrogen (secondary N) is 1. The van der Waals surface area contributed by atoms with E-state index in [1.54, 1.807) is 6.34 Å². The van der Waals surface area contributed by atoms with Gasteiger partial charge < -0.3 is 10.4 Å². The Morgan fingerprint density at radius 2 is 2.55 bits per heavy atom. The first-order valence-electron chi connectivity index (χ1n) is 3.71. The molecule has 0 radical (unpaired) electrons. The molecule has 64 valence electrons. The second-order valence-corrected chi connectivity index (χ2v) is 2.13. The number of hydrogen-bond acceptors (Lipinski definition) is 3. The van der Waals surface area contributed by atoms with Gasteiger partial charge >= 0.3 is 5.97 Å². The molecule has 4 heteroatoms. The fourth-order valence-electron chi connectivity index (χ4n) is 0.537. The third kappa shape index (κ3) is 8.94. The third-order valence-corrected chi connectivity index (χ3v) is 1.03. The molecular weight excluding hydrogens is 144 g/mol. The maximum absolute atomic E-state index is 9.60. The molecule has 0 saturated heterocycles. The van der Waals surface area contributed by atoms with Crippen molar-refractivity contribution in [3.05, 3.63) is 0 Å². The Hall–Kier alpha value is -1.06. The highest BCUT2D eigenvalue weighted by atomic mass is 16.4. The average Bonchev–Trinajstić information content (AvgIpc) is 2.41. The van der Waals surface area contributed by atoms with Gasteiger partial charge in [-0.05, 0) is 6.42 Å². The lowest BCUT2D eigenvalue weighted by atomic mass is 10.4. The van der Waals surface area contributed by atoms with Gasteiger partial charge in [0.05, 0.1) is 12.9 Å². The predicted octanol–water partition coefficient (Wildman–Crippen LogP) is 0.489. The lowest BCUT2D eigenvalue weighted by molar-refractivity contribution is -0.137. The van der Waals surface area contributed by atoms with Crippen molar-refractivity contribution in [3.8, 4) is 0 Å². The second-order valence-electron chi connectivity index (χ2n) is 2.13. The molecule has 1 rings (SSSR count). The van der Waals surface area contributed by atoms with E-state index in [1.165, 1.54) is 0 Å². The van der Waals surface area contributed by atoms with Crippen LogP contribution >= 0.6 is 0 Å². The zero-order valence-corrected chi connectivity index (χ0v) is 6.71. The van der Waals surface area contributed by atoms with E-state index in [1.807, 2.05) is 6.92 Å². The van der Waals surface area contributed by atoms with E-state index in [0.29, 0.717) is 6.42 Å². The number of nitrogens with zero attached hydrogens (tertiary/aromatic N) is 1. The summed E-state index contributed by atoms with van der Waals surface area (Å²) in [6.07, 6.45) is 2.76. The topological polar surface area (TPSA) is 61.7 Å². The van der Waals surface area contributed by atoms with Crippen LogP contribution < -0.4 is 5.32 Å². The summed E-state index contributed by atoms with van der Waals surface area (Å²) in [5.41, 5.74) is 0. The van der Waals surface area contributed by atoms with Crippen LogP contribution in [0.2, 0.25) is 0 Å². The number of carbonyl (C=O) groups is 1.